The first-order valence-electron chi connectivity index (χ1n) is 14.3. The number of aliphatic hydroxyl groups is 1. The first-order valence-corrected chi connectivity index (χ1v) is 14.3. The molecule has 3 atom stereocenters. The number of hydrogen-bond acceptors (Lipinski definition) is 5. The predicted molar refractivity (Wildman–Crippen MR) is 165 cm³/mol. The Morgan fingerprint density at radius 2 is 1.69 bits per heavy atom. The van der Waals surface area contributed by atoms with Gasteiger partial charge < -0.3 is 9.84 Å². The van der Waals surface area contributed by atoms with Crippen molar-refractivity contribution in [3.8, 4) is 0 Å². The van der Waals surface area contributed by atoms with Crippen molar-refractivity contribution < 1.29 is 14.6 Å². The summed E-state index contributed by atoms with van der Waals surface area (Å²) in [5, 5.41) is 20.6. The summed E-state index contributed by atoms with van der Waals surface area (Å²) in [6.45, 7) is 2.81. The molecule has 212 valence electrons. The van der Waals surface area contributed by atoms with Crippen LogP contribution in [0.25, 0.3) is 10.8 Å². The second kappa shape index (κ2) is 12.1. The number of allylic oxidation sites excluding steroid dienone is 1. The minimum atomic E-state index is -0.183. The van der Waals surface area contributed by atoms with E-state index in [0.29, 0.717) is 6.54 Å². The van der Waals surface area contributed by atoms with Gasteiger partial charge >= 0.3 is 0 Å². The zero-order valence-corrected chi connectivity index (χ0v) is 23.8. The van der Waals surface area contributed by atoms with Crippen molar-refractivity contribution in [3.05, 3.63) is 132 Å². The highest BCUT2D eigenvalue weighted by Crippen LogP contribution is 2.42. The SMILES string of the molecule is CO[C@H](c1ccc(N2C(=O)c3cccc4cccc2c34)cc1)[C@H](C)/C=C/CCn1cc(C(CO)c2ccccc2)nn1. The summed E-state index contributed by atoms with van der Waals surface area (Å²) in [5.41, 5.74) is 5.35. The summed E-state index contributed by atoms with van der Waals surface area (Å²) in [6.07, 6.45) is 6.89. The average Bonchev–Trinajstić information content (AvgIpc) is 3.60. The van der Waals surface area contributed by atoms with E-state index in [-0.39, 0.29) is 30.5 Å². The van der Waals surface area contributed by atoms with Gasteiger partial charge in [-0.15, -0.1) is 5.10 Å². The van der Waals surface area contributed by atoms with E-state index in [1.807, 2.05) is 102 Å². The molecule has 2 heterocycles. The van der Waals surface area contributed by atoms with Gasteiger partial charge in [-0.25, -0.2) is 0 Å². The number of carbonyl (C=O) groups excluding carboxylic acids is 1. The number of anilines is 2. The topological polar surface area (TPSA) is 80.5 Å². The number of hydrogen-bond donors (Lipinski definition) is 1. The van der Waals surface area contributed by atoms with Crippen molar-refractivity contribution >= 4 is 28.1 Å². The lowest BCUT2D eigenvalue weighted by molar-refractivity contribution is 0.0741. The quantitative estimate of drug-likeness (QED) is 0.180. The highest BCUT2D eigenvalue weighted by atomic mass is 16.5. The summed E-state index contributed by atoms with van der Waals surface area (Å²) in [6, 6.07) is 29.9. The highest BCUT2D eigenvalue weighted by Gasteiger charge is 2.31. The molecule has 4 aromatic carbocycles. The van der Waals surface area contributed by atoms with Crippen molar-refractivity contribution in [2.75, 3.05) is 18.6 Å². The molecule has 5 aromatic rings. The maximum atomic E-state index is 13.3. The monoisotopic (exact) mass is 558 g/mol. The molecule has 1 aliphatic rings. The number of ether oxygens (including phenoxy) is 1. The number of amides is 1. The van der Waals surface area contributed by atoms with Crippen molar-refractivity contribution in [3.63, 3.8) is 0 Å². The fourth-order valence-electron chi connectivity index (χ4n) is 5.90. The van der Waals surface area contributed by atoms with Gasteiger partial charge in [-0.05, 0) is 47.2 Å². The molecule has 1 aromatic heterocycles. The first-order chi connectivity index (χ1) is 20.6. The van der Waals surface area contributed by atoms with E-state index in [4.69, 9.17) is 4.74 Å². The number of aryl methyl sites for hydroxylation is 1. The van der Waals surface area contributed by atoms with Crippen molar-refractivity contribution in [2.45, 2.75) is 31.9 Å². The second-order valence-electron chi connectivity index (χ2n) is 10.7. The van der Waals surface area contributed by atoms with Gasteiger partial charge in [0.15, 0.2) is 0 Å². The summed E-state index contributed by atoms with van der Waals surface area (Å²) >= 11 is 0. The van der Waals surface area contributed by atoms with Crippen LogP contribution in [0, 0.1) is 5.92 Å². The van der Waals surface area contributed by atoms with Gasteiger partial charge in [0, 0.05) is 36.8 Å². The molecule has 1 N–H and O–H groups in total. The standard InChI is InChI=1S/C35H34N4O3/c1-24(10-6-7-21-38-22-31(36-37-38)30(23-40)25-11-4-3-5-12-25)34(42-2)27-17-19-28(20-18-27)39-32-16-9-14-26-13-8-15-29(33(26)32)35(39)41/h3-6,8-20,22,24,30,34,40H,7,21,23H2,1-2H3/b10-6+/t24-,30?,34+/m1/s1. The predicted octanol–water partition coefficient (Wildman–Crippen LogP) is 6.82. The van der Waals surface area contributed by atoms with Gasteiger partial charge in [-0.3, -0.25) is 14.4 Å². The van der Waals surface area contributed by atoms with Gasteiger partial charge in [-0.1, -0.05) is 91.0 Å². The fourth-order valence-corrected chi connectivity index (χ4v) is 5.90. The van der Waals surface area contributed by atoms with Crippen molar-refractivity contribution in [2.24, 2.45) is 5.92 Å². The molecule has 0 bridgehead atoms. The molecule has 0 radical (unpaired) electrons. The molecule has 0 saturated heterocycles. The summed E-state index contributed by atoms with van der Waals surface area (Å²) in [5.74, 6) is -0.0482. The Balaban J connectivity index is 1.09. The molecule has 6 rings (SSSR count). The van der Waals surface area contributed by atoms with Crippen LogP contribution in [0.15, 0.2) is 109 Å². The summed E-state index contributed by atoms with van der Waals surface area (Å²) in [4.78, 5) is 15.1. The number of methoxy groups -OCH3 is 1. The Bertz CT molecular complexity index is 1710. The van der Waals surface area contributed by atoms with E-state index in [9.17, 15) is 9.90 Å². The number of aromatic nitrogens is 3. The molecule has 0 spiro atoms. The minimum Gasteiger partial charge on any atom is -0.395 e. The first kappa shape index (κ1) is 27.6. The normalized spacial score (nSPS) is 15.0. The van der Waals surface area contributed by atoms with E-state index in [2.05, 4.69) is 29.4 Å². The van der Waals surface area contributed by atoms with E-state index in [1.54, 1.807) is 12.0 Å². The number of benzene rings is 4. The number of rotatable bonds is 11. The molecule has 7 heteroatoms. The van der Waals surface area contributed by atoms with Gasteiger partial charge in [0.25, 0.3) is 5.91 Å². The zero-order chi connectivity index (χ0) is 29.1. The van der Waals surface area contributed by atoms with E-state index >= 15 is 0 Å². The molecule has 42 heavy (non-hydrogen) atoms. The van der Waals surface area contributed by atoms with Crippen LogP contribution in [-0.4, -0.2) is 39.7 Å². The van der Waals surface area contributed by atoms with Crippen molar-refractivity contribution in [1.29, 1.82) is 0 Å². The van der Waals surface area contributed by atoms with E-state index in [1.165, 1.54) is 0 Å². The Labute approximate surface area is 245 Å². The maximum Gasteiger partial charge on any atom is 0.263 e. The van der Waals surface area contributed by atoms with Crippen LogP contribution in [0.3, 0.4) is 0 Å². The van der Waals surface area contributed by atoms with Crippen LogP contribution in [0.2, 0.25) is 0 Å². The molecular weight excluding hydrogens is 524 g/mol. The Kier molecular flexibility index (Phi) is 7.95. The zero-order valence-electron chi connectivity index (χ0n) is 23.8. The Morgan fingerprint density at radius 1 is 0.929 bits per heavy atom. The third-order valence-corrected chi connectivity index (χ3v) is 8.03. The van der Waals surface area contributed by atoms with E-state index in [0.717, 1.165) is 51.0 Å². The van der Waals surface area contributed by atoms with Gasteiger partial charge in [0.2, 0.25) is 0 Å². The maximum absolute atomic E-state index is 13.3. The molecule has 0 aliphatic carbocycles. The number of aliphatic hydroxyl groups excluding tert-OH is 1. The van der Waals surface area contributed by atoms with Crippen LogP contribution in [0.5, 0.6) is 0 Å². The smallest absolute Gasteiger partial charge is 0.263 e. The lowest BCUT2D eigenvalue weighted by Gasteiger charge is -2.22. The Hall–Kier alpha value is -4.59. The summed E-state index contributed by atoms with van der Waals surface area (Å²) in [7, 11) is 1.73. The third kappa shape index (κ3) is 5.24. The fraction of sp³-hybridized carbons (Fsp3) is 0.229. The lowest BCUT2D eigenvalue weighted by atomic mass is 9.96. The van der Waals surface area contributed by atoms with Gasteiger partial charge in [0.1, 0.15) is 0 Å². The molecule has 7 nitrogen and oxygen atoms in total. The van der Waals surface area contributed by atoms with Crippen molar-refractivity contribution in [1.82, 2.24) is 15.0 Å². The Morgan fingerprint density at radius 3 is 2.43 bits per heavy atom. The van der Waals surface area contributed by atoms with E-state index < -0.39 is 0 Å². The average molecular weight is 559 g/mol. The molecule has 0 fully saturated rings. The summed E-state index contributed by atoms with van der Waals surface area (Å²) < 4.78 is 7.72. The van der Waals surface area contributed by atoms with Gasteiger partial charge in [0.05, 0.1) is 35.6 Å². The lowest BCUT2D eigenvalue weighted by Crippen LogP contribution is -2.21. The van der Waals surface area contributed by atoms with Crippen LogP contribution in [0.4, 0.5) is 11.4 Å². The van der Waals surface area contributed by atoms with Crippen LogP contribution >= 0.6 is 0 Å². The van der Waals surface area contributed by atoms with Crippen LogP contribution in [0.1, 0.15) is 52.5 Å². The second-order valence-corrected chi connectivity index (χ2v) is 10.7. The molecule has 1 unspecified atom stereocenters. The third-order valence-electron chi connectivity index (χ3n) is 8.03. The molecule has 1 amide bonds. The molecular formula is C35H34N4O3. The van der Waals surface area contributed by atoms with Crippen LogP contribution < -0.4 is 4.90 Å². The molecule has 0 saturated carbocycles. The van der Waals surface area contributed by atoms with Gasteiger partial charge in [-0.2, -0.15) is 0 Å². The minimum absolute atomic E-state index is 0.000549. The number of nitrogens with zero attached hydrogens (tertiary/aromatic N) is 4. The largest absolute Gasteiger partial charge is 0.395 e. The highest BCUT2D eigenvalue weighted by molar-refractivity contribution is 6.27. The molecule has 1 aliphatic heterocycles. The van der Waals surface area contributed by atoms with Crippen LogP contribution in [-0.2, 0) is 11.3 Å². The number of carbonyl (C=O) groups is 1.